The summed E-state index contributed by atoms with van der Waals surface area (Å²) < 4.78 is 0. The van der Waals surface area contributed by atoms with Gasteiger partial charge in [-0.05, 0) is 36.7 Å². The molecule has 1 aliphatic heterocycles. The van der Waals surface area contributed by atoms with E-state index in [4.69, 9.17) is 5.73 Å². The van der Waals surface area contributed by atoms with Crippen molar-refractivity contribution in [2.45, 2.75) is 57.4 Å². The van der Waals surface area contributed by atoms with Crippen molar-refractivity contribution in [1.29, 1.82) is 0 Å². The van der Waals surface area contributed by atoms with Crippen LogP contribution in [0.5, 0.6) is 0 Å². The molecule has 0 aromatic heterocycles. The summed E-state index contributed by atoms with van der Waals surface area (Å²) in [4.78, 5) is 14.7. The lowest BCUT2D eigenvalue weighted by molar-refractivity contribution is -0.135. The van der Waals surface area contributed by atoms with Gasteiger partial charge in [-0.2, -0.15) is 0 Å². The largest absolute Gasteiger partial charge is 0.342 e. The van der Waals surface area contributed by atoms with E-state index in [9.17, 15) is 4.79 Å². The van der Waals surface area contributed by atoms with E-state index in [1.165, 1.54) is 38.5 Å². The van der Waals surface area contributed by atoms with E-state index < -0.39 is 0 Å². The van der Waals surface area contributed by atoms with Gasteiger partial charge in [0.2, 0.25) is 5.91 Å². The Bertz CT molecular complexity index is 488. The van der Waals surface area contributed by atoms with Gasteiger partial charge in [0.25, 0.3) is 0 Å². The molecule has 22 heavy (non-hydrogen) atoms. The zero-order valence-electron chi connectivity index (χ0n) is 13.5. The number of carbonyl (C=O) groups is 1. The fourth-order valence-electron chi connectivity index (χ4n) is 4.27. The van der Waals surface area contributed by atoms with Crippen LogP contribution in [-0.2, 0) is 4.79 Å². The first-order valence-corrected chi connectivity index (χ1v) is 8.77. The third-order valence-corrected chi connectivity index (χ3v) is 5.55. The lowest BCUT2D eigenvalue weighted by Crippen LogP contribution is -2.47. The van der Waals surface area contributed by atoms with Gasteiger partial charge in [0.15, 0.2) is 0 Å². The Morgan fingerprint density at radius 2 is 1.77 bits per heavy atom. The molecule has 120 valence electrons. The molecule has 1 amide bonds. The molecule has 0 radical (unpaired) electrons. The van der Waals surface area contributed by atoms with Crippen molar-refractivity contribution in [3.63, 3.8) is 0 Å². The molecule has 1 heterocycles. The van der Waals surface area contributed by atoms with E-state index in [0.717, 1.165) is 25.1 Å². The van der Waals surface area contributed by atoms with Crippen LogP contribution in [0.15, 0.2) is 30.3 Å². The van der Waals surface area contributed by atoms with Crippen LogP contribution in [0.2, 0.25) is 0 Å². The highest BCUT2D eigenvalue weighted by molar-refractivity contribution is 5.77. The topological polar surface area (TPSA) is 46.3 Å². The summed E-state index contributed by atoms with van der Waals surface area (Å²) >= 11 is 0. The standard InChI is InChI=1S/C19H28N2O/c20-17(16-8-3-1-4-9-16)14-18(22)21-13-7-12-19(15-21)10-5-2-6-11-19/h1,3-4,8-9,17H,2,5-7,10-15,20H2. The Kier molecular flexibility index (Phi) is 4.82. The van der Waals surface area contributed by atoms with Gasteiger partial charge in [0, 0.05) is 25.6 Å². The Balaban J connectivity index is 1.60. The molecular weight excluding hydrogens is 272 g/mol. The van der Waals surface area contributed by atoms with Gasteiger partial charge in [-0.25, -0.2) is 0 Å². The third-order valence-electron chi connectivity index (χ3n) is 5.55. The molecule has 1 atom stereocenters. The van der Waals surface area contributed by atoms with Gasteiger partial charge < -0.3 is 10.6 Å². The number of likely N-dealkylation sites (tertiary alicyclic amines) is 1. The molecule has 1 saturated carbocycles. The maximum atomic E-state index is 12.7. The first-order valence-electron chi connectivity index (χ1n) is 8.77. The van der Waals surface area contributed by atoms with E-state index in [0.29, 0.717) is 11.8 Å². The molecular formula is C19H28N2O. The molecule has 2 aliphatic rings. The molecule has 1 saturated heterocycles. The molecule has 1 aromatic carbocycles. The highest BCUT2D eigenvalue weighted by Crippen LogP contribution is 2.43. The number of hydrogen-bond acceptors (Lipinski definition) is 2. The second-order valence-corrected chi connectivity index (χ2v) is 7.20. The van der Waals surface area contributed by atoms with Crippen LogP contribution in [-0.4, -0.2) is 23.9 Å². The monoisotopic (exact) mass is 300 g/mol. The first-order chi connectivity index (χ1) is 10.7. The van der Waals surface area contributed by atoms with Crippen molar-refractivity contribution >= 4 is 5.91 Å². The summed E-state index contributed by atoms with van der Waals surface area (Å²) in [6.45, 7) is 1.88. The van der Waals surface area contributed by atoms with Gasteiger partial charge in [-0.1, -0.05) is 49.6 Å². The highest BCUT2D eigenvalue weighted by Gasteiger charge is 2.37. The normalized spacial score (nSPS) is 22.5. The molecule has 3 heteroatoms. The summed E-state index contributed by atoms with van der Waals surface area (Å²) in [5, 5.41) is 0. The summed E-state index contributed by atoms with van der Waals surface area (Å²) in [6, 6.07) is 9.79. The van der Waals surface area contributed by atoms with E-state index in [1.54, 1.807) is 0 Å². The maximum absolute atomic E-state index is 12.7. The molecule has 1 aromatic rings. The SMILES string of the molecule is NC(CC(=O)N1CCCC2(CCCCC2)C1)c1ccccc1. The van der Waals surface area contributed by atoms with Crippen LogP contribution in [0, 0.1) is 5.41 Å². The average Bonchev–Trinajstić information content (AvgIpc) is 2.56. The van der Waals surface area contributed by atoms with E-state index in [1.807, 2.05) is 30.3 Å². The maximum Gasteiger partial charge on any atom is 0.224 e. The van der Waals surface area contributed by atoms with Crippen molar-refractivity contribution in [3.8, 4) is 0 Å². The number of nitrogens with zero attached hydrogens (tertiary/aromatic N) is 1. The number of carbonyl (C=O) groups excluding carboxylic acids is 1. The molecule has 3 rings (SSSR count). The molecule has 2 fully saturated rings. The highest BCUT2D eigenvalue weighted by atomic mass is 16.2. The minimum absolute atomic E-state index is 0.182. The predicted octanol–water partition coefficient (Wildman–Crippen LogP) is 3.65. The van der Waals surface area contributed by atoms with E-state index in [-0.39, 0.29) is 11.9 Å². The van der Waals surface area contributed by atoms with Gasteiger partial charge in [0.05, 0.1) is 0 Å². The number of rotatable bonds is 3. The van der Waals surface area contributed by atoms with Crippen molar-refractivity contribution in [2.75, 3.05) is 13.1 Å². The second-order valence-electron chi connectivity index (χ2n) is 7.20. The van der Waals surface area contributed by atoms with Crippen molar-refractivity contribution < 1.29 is 4.79 Å². The van der Waals surface area contributed by atoms with E-state index >= 15 is 0 Å². The van der Waals surface area contributed by atoms with Crippen LogP contribution in [0.4, 0.5) is 0 Å². The zero-order chi connectivity index (χ0) is 15.4. The molecule has 1 aliphatic carbocycles. The average molecular weight is 300 g/mol. The smallest absolute Gasteiger partial charge is 0.224 e. The number of hydrogen-bond donors (Lipinski definition) is 1. The Hall–Kier alpha value is -1.35. The first kappa shape index (κ1) is 15.5. The number of amides is 1. The lowest BCUT2D eigenvalue weighted by Gasteiger charge is -2.45. The number of benzene rings is 1. The van der Waals surface area contributed by atoms with Crippen LogP contribution in [0.1, 0.15) is 63.0 Å². The molecule has 1 spiro atoms. The van der Waals surface area contributed by atoms with Crippen LogP contribution < -0.4 is 5.73 Å². The summed E-state index contributed by atoms with van der Waals surface area (Å²) in [5.41, 5.74) is 7.70. The van der Waals surface area contributed by atoms with Crippen LogP contribution in [0.3, 0.4) is 0 Å². The van der Waals surface area contributed by atoms with Crippen LogP contribution >= 0.6 is 0 Å². The molecule has 0 bridgehead atoms. The quantitative estimate of drug-likeness (QED) is 0.926. The Morgan fingerprint density at radius 3 is 2.50 bits per heavy atom. The number of piperidine rings is 1. The van der Waals surface area contributed by atoms with Gasteiger partial charge in [0.1, 0.15) is 0 Å². The fraction of sp³-hybridized carbons (Fsp3) is 0.632. The van der Waals surface area contributed by atoms with Crippen molar-refractivity contribution in [3.05, 3.63) is 35.9 Å². The van der Waals surface area contributed by atoms with Crippen LogP contribution in [0.25, 0.3) is 0 Å². The summed E-state index contributed by atoms with van der Waals surface area (Å²) in [6.07, 6.45) is 9.56. The second kappa shape index (κ2) is 6.82. The zero-order valence-corrected chi connectivity index (χ0v) is 13.5. The predicted molar refractivity (Wildman–Crippen MR) is 89.3 cm³/mol. The van der Waals surface area contributed by atoms with E-state index in [2.05, 4.69) is 4.90 Å². The minimum atomic E-state index is -0.182. The summed E-state index contributed by atoms with van der Waals surface area (Å²) in [5.74, 6) is 0.237. The number of nitrogens with two attached hydrogens (primary N) is 1. The van der Waals surface area contributed by atoms with Gasteiger partial charge >= 0.3 is 0 Å². The molecule has 1 unspecified atom stereocenters. The van der Waals surface area contributed by atoms with Gasteiger partial charge in [-0.3, -0.25) is 4.79 Å². The molecule has 2 N–H and O–H groups in total. The Morgan fingerprint density at radius 1 is 1.09 bits per heavy atom. The minimum Gasteiger partial charge on any atom is -0.342 e. The summed E-state index contributed by atoms with van der Waals surface area (Å²) in [7, 11) is 0. The fourth-order valence-corrected chi connectivity index (χ4v) is 4.27. The van der Waals surface area contributed by atoms with Gasteiger partial charge in [-0.15, -0.1) is 0 Å². The Labute approximate surface area is 133 Å². The lowest BCUT2D eigenvalue weighted by atomic mass is 9.69. The van der Waals surface area contributed by atoms with Crippen molar-refractivity contribution in [1.82, 2.24) is 4.90 Å². The third kappa shape index (κ3) is 3.52. The molecule has 3 nitrogen and oxygen atoms in total. The van der Waals surface area contributed by atoms with Crippen molar-refractivity contribution in [2.24, 2.45) is 11.1 Å².